The number of benzene rings is 1. The van der Waals surface area contributed by atoms with Crippen LogP contribution in [0.5, 0.6) is 0 Å². The van der Waals surface area contributed by atoms with Gasteiger partial charge in [-0.2, -0.15) is 0 Å². The Morgan fingerprint density at radius 2 is 1.92 bits per heavy atom. The van der Waals surface area contributed by atoms with Gasteiger partial charge in [-0.25, -0.2) is 4.99 Å². The van der Waals surface area contributed by atoms with E-state index in [0.29, 0.717) is 19.1 Å². The molecule has 0 saturated carbocycles. The summed E-state index contributed by atoms with van der Waals surface area (Å²) in [5.41, 5.74) is 2.38. The summed E-state index contributed by atoms with van der Waals surface area (Å²) in [6, 6.07) is 12.6. The van der Waals surface area contributed by atoms with Gasteiger partial charge in [0, 0.05) is 31.0 Å². The van der Waals surface area contributed by atoms with Crippen molar-refractivity contribution in [1.82, 2.24) is 10.6 Å². The summed E-state index contributed by atoms with van der Waals surface area (Å²) in [6.07, 6.45) is 0. The van der Waals surface area contributed by atoms with Gasteiger partial charge >= 0.3 is 0 Å². The van der Waals surface area contributed by atoms with Crippen LogP contribution in [0.15, 0.2) is 46.8 Å². The summed E-state index contributed by atoms with van der Waals surface area (Å²) in [5, 5.41) is 8.88. The Balaban J connectivity index is 0.00000312. The third kappa shape index (κ3) is 7.33. The average Bonchev–Trinajstić information content (AvgIpc) is 3.13. The van der Waals surface area contributed by atoms with Gasteiger partial charge in [-0.15, -0.1) is 35.3 Å². The minimum absolute atomic E-state index is 0. The van der Waals surface area contributed by atoms with E-state index in [1.807, 2.05) is 12.1 Å². The molecule has 0 aliphatic carbocycles. The van der Waals surface area contributed by atoms with Crippen molar-refractivity contribution in [1.29, 1.82) is 0 Å². The van der Waals surface area contributed by atoms with Gasteiger partial charge in [-0.3, -0.25) is 0 Å². The largest absolute Gasteiger partial charge is 0.380 e. The van der Waals surface area contributed by atoms with E-state index in [2.05, 4.69) is 54.1 Å². The number of hydrogen-bond acceptors (Lipinski definition) is 3. The number of methoxy groups -OCH3 is 1. The molecule has 0 aliphatic rings. The highest BCUT2D eigenvalue weighted by Crippen LogP contribution is 2.19. The Kier molecular flexibility index (Phi) is 10.8. The second-order valence-electron chi connectivity index (χ2n) is 5.69. The second-order valence-corrected chi connectivity index (χ2v) is 6.67. The monoisotopic (exact) mass is 473 g/mol. The average molecular weight is 473 g/mol. The zero-order valence-corrected chi connectivity index (χ0v) is 18.3. The highest BCUT2D eigenvalue weighted by atomic mass is 127. The molecule has 0 saturated heterocycles. The van der Waals surface area contributed by atoms with Crippen LogP contribution in [0.1, 0.15) is 35.8 Å². The maximum atomic E-state index is 5.26. The molecule has 25 heavy (non-hydrogen) atoms. The molecule has 6 heteroatoms. The summed E-state index contributed by atoms with van der Waals surface area (Å²) in [7, 11) is 1.72. The standard InChI is InChI=1S/C19H27N3OS.HI/c1-4-20-19(21-12-15(2)18-10-7-11-24-18)22-13-16-8-5-6-9-17(16)14-23-3;/h5-11,15H,4,12-14H2,1-3H3,(H2,20,21,22);1H. The van der Waals surface area contributed by atoms with Crippen molar-refractivity contribution in [3.05, 3.63) is 57.8 Å². The number of rotatable bonds is 8. The molecule has 2 rings (SSSR count). The van der Waals surface area contributed by atoms with E-state index in [1.165, 1.54) is 16.0 Å². The normalized spacial score (nSPS) is 12.4. The Hall–Kier alpha value is -1.12. The highest BCUT2D eigenvalue weighted by molar-refractivity contribution is 14.0. The zero-order chi connectivity index (χ0) is 17.2. The Morgan fingerprint density at radius 3 is 2.56 bits per heavy atom. The molecule has 0 bridgehead atoms. The van der Waals surface area contributed by atoms with Crippen LogP contribution < -0.4 is 10.6 Å². The predicted molar refractivity (Wildman–Crippen MR) is 118 cm³/mol. The van der Waals surface area contributed by atoms with Crippen LogP contribution in [0.25, 0.3) is 0 Å². The van der Waals surface area contributed by atoms with Crippen LogP contribution in [0.2, 0.25) is 0 Å². The summed E-state index contributed by atoms with van der Waals surface area (Å²) in [5.74, 6) is 1.32. The summed E-state index contributed by atoms with van der Waals surface area (Å²) in [6.45, 7) is 7.29. The Morgan fingerprint density at radius 1 is 1.16 bits per heavy atom. The zero-order valence-electron chi connectivity index (χ0n) is 15.1. The second kappa shape index (κ2) is 12.3. The van der Waals surface area contributed by atoms with Gasteiger partial charge in [0.2, 0.25) is 0 Å². The minimum atomic E-state index is 0. The van der Waals surface area contributed by atoms with Crippen molar-refractivity contribution in [2.75, 3.05) is 20.2 Å². The van der Waals surface area contributed by atoms with Gasteiger partial charge in [0.05, 0.1) is 13.2 Å². The number of halogens is 1. The fourth-order valence-electron chi connectivity index (χ4n) is 2.44. The van der Waals surface area contributed by atoms with Crippen molar-refractivity contribution in [3.8, 4) is 0 Å². The third-order valence-corrected chi connectivity index (χ3v) is 4.88. The molecule has 0 fully saturated rings. The molecule has 0 amide bonds. The number of guanidine groups is 1. The summed E-state index contributed by atoms with van der Waals surface area (Å²) in [4.78, 5) is 6.11. The van der Waals surface area contributed by atoms with Gasteiger partial charge < -0.3 is 15.4 Å². The maximum Gasteiger partial charge on any atom is 0.191 e. The molecule has 2 aromatic rings. The molecule has 1 aromatic carbocycles. The van der Waals surface area contributed by atoms with Gasteiger partial charge in [0.1, 0.15) is 0 Å². The lowest BCUT2D eigenvalue weighted by atomic mass is 10.1. The molecule has 1 heterocycles. The number of aliphatic imine (C=N–C) groups is 1. The highest BCUT2D eigenvalue weighted by Gasteiger charge is 2.08. The topological polar surface area (TPSA) is 45.7 Å². The van der Waals surface area contributed by atoms with E-state index >= 15 is 0 Å². The van der Waals surface area contributed by atoms with Crippen LogP contribution in [-0.2, 0) is 17.9 Å². The van der Waals surface area contributed by atoms with Crippen LogP contribution >= 0.6 is 35.3 Å². The Labute approximate surface area is 172 Å². The van der Waals surface area contributed by atoms with Crippen molar-refractivity contribution < 1.29 is 4.74 Å². The number of ether oxygens (including phenoxy) is 1. The van der Waals surface area contributed by atoms with Gasteiger partial charge in [0.15, 0.2) is 5.96 Å². The van der Waals surface area contributed by atoms with E-state index in [0.717, 1.165) is 19.0 Å². The smallest absolute Gasteiger partial charge is 0.191 e. The van der Waals surface area contributed by atoms with E-state index in [4.69, 9.17) is 9.73 Å². The molecule has 0 aliphatic heterocycles. The van der Waals surface area contributed by atoms with Crippen molar-refractivity contribution in [3.63, 3.8) is 0 Å². The fourth-order valence-corrected chi connectivity index (χ4v) is 3.22. The molecule has 0 radical (unpaired) electrons. The van der Waals surface area contributed by atoms with E-state index in [9.17, 15) is 0 Å². The first-order chi connectivity index (χ1) is 11.7. The van der Waals surface area contributed by atoms with Gasteiger partial charge in [-0.05, 0) is 29.5 Å². The molecular formula is C19H28IN3OS. The molecule has 1 aromatic heterocycles. The molecule has 1 unspecified atom stereocenters. The summed E-state index contributed by atoms with van der Waals surface area (Å²) >= 11 is 1.80. The first-order valence-electron chi connectivity index (χ1n) is 8.35. The van der Waals surface area contributed by atoms with Crippen LogP contribution in [0, 0.1) is 0 Å². The number of thiophene rings is 1. The molecule has 4 nitrogen and oxygen atoms in total. The lowest BCUT2D eigenvalue weighted by Gasteiger charge is -2.15. The Bertz CT molecular complexity index is 631. The molecule has 138 valence electrons. The van der Waals surface area contributed by atoms with Gasteiger partial charge in [-0.1, -0.05) is 37.3 Å². The van der Waals surface area contributed by atoms with Crippen LogP contribution in [0.3, 0.4) is 0 Å². The molecule has 0 spiro atoms. The first-order valence-corrected chi connectivity index (χ1v) is 9.23. The number of nitrogens with one attached hydrogen (secondary N) is 2. The summed E-state index contributed by atoms with van der Waals surface area (Å²) < 4.78 is 5.26. The van der Waals surface area contributed by atoms with Crippen LogP contribution in [0.4, 0.5) is 0 Å². The van der Waals surface area contributed by atoms with Crippen molar-refractivity contribution in [2.45, 2.75) is 32.9 Å². The maximum absolute atomic E-state index is 5.26. The lowest BCUT2D eigenvalue weighted by Crippen LogP contribution is -2.39. The van der Waals surface area contributed by atoms with E-state index in [1.54, 1.807) is 18.4 Å². The SMILES string of the molecule is CCNC(=NCc1ccccc1COC)NCC(C)c1cccs1.I. The molecule has 1 atom stereocenters. The quantitative estimate of drug-likeness (QED) is 0.340. The van der Waals surface area contributed by atoms with Gasteiger partial charge in [0.25, 0.3) is 0 Å². The molecule has 2 N–H and O–H groups in total. The third-order valence-electron chi connectivity index (χ3n) is 3.77. The van der Waals surface area contributed by atoms with E-state index in [-0.39, 0.29) is 24.0 Å². The number of hydrogen-bond donors (Lipinski definition) is 2. The van der Waals surface area contributed by atoms with E-state index < -0.39 is 0 Å². The lowest BCUT2D eigenvalue weighted by molar-refractivity contribution is 0.184. The minimum Gasteiger partial charge on any atom is -0.380 e. The molecular weight excluding hydrogens is 445 g/mol. The predicted octanol–water partition coefficient (Wildman–Crippen LogP) is 4.37. The van der Waals surface area contributed by atoms with Crippen molar-refractivity contribution in [2.24, 2.45) is 4.99 Å². The van der Waals surface area contributed by atoms with Crippen LogP contribution in [-0.4, -0.2) is 26.2 Å². The van der Waals surface area contributed by atoms with Crippen molar-refractivity contribution >= 4 is 41.3 Å². The first kappa shape index (κ1) is 21.9. The fraction of sp³-hybridized carbons (Fsp3) is 0.421. The number of nitrogens with zero attached hydrogens (tertiary/aromatic N) is 1.